The zero-order valence-electron chi connectivity index (χ0n) is 12.0. The molecule has 1 amide bonds. The lowest BCUT2D eigenvalue weighted by Crippen LogP contribution is -2.30. The molecule has 2 N–H and O–H groups in total. The van der Waals surface area contributed by atoms with Crippen LogP contribution in [0.25, 0.3) is 11.0 Å². The molecule has 2 rings (SSSR count). The average Bonchev–Trinajstić information content (AvgIpc) is 2.38. The summed E-state index contributed by atoms with van der Waals surface area (Å²) in [6.45, 7) is 5.35. The van der Waals surface area contributed by atoms with Gasteiger partial charge in [0.15, 0.2) is 5.69 Å². The number of benzene rings is 1. The van der Waals surface area contributed by atoms with E-state index in [1.54, 1.807) is 40.0 Å². The number of rotatable bonds is 2. The van der Waals surface area contributed by atoms with E-state index in [2.05, 4.69) is 10.6 Å². The van der Waals surface area contributed by atoms with E-state index in [4.69, 9.17) is 4.42 Å². The molecule has 0 bridgehead atoms. The van der Waals surface area contributed by atoms with Gasteiger partial charge in [-0.2, -0.15) is 0 Å². The standard InChI is InChI=1S/C15H18N2O3/c1-15(2,3)14(19)17-12-11(16-4)9-7-5-6-8-10(9)20-13(12)18/h5-8,16H,1-4H3,(H,17,19). The molecule has 0 radical (unpaired) electrons. The number of anilines is 2. The second kappa shape index (κ2) is 5.00. The summed E-state index contributed by atoms with van der Waals surface area (Å²) in [5.74, 6) is -0.239. The summed E-state index contributed by atoms with van der Waals surface area (Å²) < 4.78 is 5.24. The fraction of sp³-hybridized carbons (Fsp3) is 0.333. The highest BCUT2D eigenvalue weighted by atomic mass is 16.4. The van der Waals surface area contributed by atoms with Gasteiger partial charge < -0.3 is 15.1 Å². The van der Waals surface area contributed by atoms with E-state index in [1.165, 1.54) is 0 Å². The van der Waals surface area contributed by atoms with Gasteiger partial charge in [-0.15, -0.1) is 0 Å². The third-order valence-corrected chi connectivity index (χ3v) is 2.98. The highest BCUT2D eigenvalue weighted by molar-refractivity contribution is 6.03. The van der Waals surface area contributed by atoms with Crippen LogP contribution in [-0.2, 0) is 4.79 Å². The van der Waals surface area contributed by atoms with Gasteiger partial charge in [-0.3, -0.25) is 4.79 Å². The number of hydrogen-bond donors (Lipinski definition) is 2. The molecule has 0 spiro atoms. The van der Waals surface area contributed by atoms with Crippen LogP contribution in [0, 0.1) is 5.41 Å². The number of carbonyl (C=O) groups is 1. The Labute approximate surface area is 117 Å². The van der Waals surface area contributed by atoms with Crippen molar-refractivity contribution in [1.82, 2.24) is 0 Å². The molecule has 2 aromatic rings. The van der Waals surface area contributed by atoms with Gasteiger partial charge >= 0.3 is 5.63 Å². The van der Waals surface area contributed by atoms with Crippen molar-refractivity contribution in [2.75, 3.05) is 17.7 Å². The fourth-order valence-electron chi connectivity index (χ4n) is 1.82. The Morgan fingerprint density at radius 2 is 1.80 bits per heavy atom. The Balaban J connectivity index is 2.61. The van der Waals surface area contributed by atoms with Crippen LogP contribution in [0.1, 0.15) is 20.8 Å². The maximum atomic E-state index is 12.1. The van der Waals surface area contributed by atoms with Gasteiger partial charge in [0.25, 0.3) is 0 Å². The van der Waals surface area contributed by atoms with E-state index in [1.807, 2.05) is 12.1 Å². The van der Waals surface area contributed by atoms with E-state index in [-0.39, 0.29) is 11.6 Å². The maximum absolute atomic E-state index is 12.1. The van der Waals surface area contributed by atoms with Crippen LogP contribution in [-0.4, -0.2) is 13.0 Å². The van der Waals surface area contributed by atoms with Gasteiger partial charge in [-0.05, 0) is 12.1 Å². The molecule has 0 atom stereocenters. The zero-order chi connectivity index (χ0) is 14.9. The first-order valence-corrected chi connectivity index (χ1v) is 6.39. The van der Waals surface area contributed by atoms with Crippen LogP contribution in [0.2, 0.25) is 0 Å². The van der Waals surface area contributed by atoms with E-state index in [0.29, 0.717) is 11.3 Å². The number of carbonyl (C=O) groups excluding carboxylic acids is 1. The summed E-state index contributed by atoms with van der Waals surface area (Å²) in [4.78, 5) is 24.1. The molecule has 5 heteroatoms. The third-order valence-electron chi connectivity index (χ3n) is 2.98. The van der Waals surface area contributed by atoms with E-state index < -0.39 is 11.0 Å². The first-order valence-electron chi connectivity index (χ1n) is 6.39. The maximum Gasteiger partial charge on any atom is 0.362 e. The Kier molecular flexibility index (Phi) is 3.53. The lowest BCUT2D eigenvalue weighted by atomic mass is 9.95. The summed E-state index contributed by atoms with van der Waals surface area (Å²) in [7, 11) is 1.70. The molecule has 0 aliphatic carbocycles. The Morgan fingerprint density at radius 1 is 1.15 bits per heavy atom. The highest BCUT2D eigenvalue weighted by Crippen LogP contribution is 2.29. The lowest BCUT2D eigenvalue weighted by Gasteiger charge is -2.19. The number of nitrogens with one attached hydrogen (secondary N) is 2. The summed E-state index contributed by atoms with van der Waals surface area (Å²) >= 11 is 0. The van der Waals surface area contributed by atoms with Crippen molar-refractivity contribution in [3.8, 4) is 0 Å². The van der Waals surface area contributed by atoms with Gasteiger partial charge in [0, 0.05) is 17.8 Å². The van der Waals surface area contributed by atoms with E-state index in [0.717, 1.165) is 5.39 Å². The van der Waals surface area contributed by atoms with Crippen molar-refractivity contribution in [1.29, 1.82) is 0 Å². The number of amides is 1. The molecule has 0 saturated heterocycles. The number of fused-ring (bicyclic) bond motifs is 1. The van der Waals surface area contributed by atoms with Gasteiger partial charge in [-0.25, -0.2) is 4.79 Å². The Bertz CT molecular complexity index is 711. The normalized spacial score (nSPS) is 11.4. The topological polar surface area (TPSA) is 71.3 Å². The van der Waals surface area contributed by atoms with Crippen LogP contribution in [0.4, 0.5) is 11.4 Å². The predicted molar refractivity (Wildman–Crippen MR) is 80.1 cm³/mol. The van der Waals surface area contributed by atoms with Gasteiger partial charge in [0.05, 0.1) is 5.69 Å². The molecular formula is C15H18N2O3. The van der Waals surface area contributed by atoms with Crippen LogP contribution in [0.5, 0.6) is 0 Å². The van der Waals surface area contributed by atoms with Gasteiger partial charge in [0.2, 0.25) is 5.91 Å². The molecule has 0 aliphatic rings. The van der Waals surface area contributed by atoms with Crippen molar-refractivity contribution in [2.45, 2.75) is 20.8 Å². The van der Waals surface area contributed by atoms with Crippen LogP contribution < -0.4 is 16.3 Å². The molecule has 0 aliphatic heterocycles. The second-order valence-electron chi connectivity index (χ2n) is 5.59. The molecule has 0 saturated carbocycles. The minimum atomic E-state index is -0.594. The van der Waals surface area contributed by atoms with E-state index in [9.17, 15) is 9.59 Å². The van der Waals surface area contributed by atoms with Crippen molar-refractivity contribution in [2.24, 2.45) is 5.41 Å². The minimum Gasteiger partial charge on any atom is -0.421 e. The second-order valence-corrected chi connectivity index (χ2v) is 5.59. The molecule has 106 valence electrons. The summed E-state index contributed by atoms with van der Waals surface area (Å²) in [6.07, 6.45) is 0. The molecular weight excluding hydrogens is 256 g/mol. The third kappa shape index (κ3) is 2.52. The number of hydrogen-bond acceptors (Lipinski definition) is 4. The summed E-state index contributed by atoms with van der Waals surface area (Å²) in [6, 6.07) is 7.18. The molecule has 20 heavy (non-hydrogen) atoms. The molecule has 1 aromatic carbocycles. The van der Waals surface area contributed by atoms with Crippen molar-refractivity contribution >= 4 is 28.3 Å². The monoisotopic (exact) mass is 274 g/mol. The van der Waals surface area contributed by atoms with Crippen molar-refractivity contribution < 1.29 is 9.21 Å². The minimum absolute atomic E-state index is 0.145. The van der Waals surface area contributed by atoms with Crippen LogP contribution in [0.15, 0.2) is 33.5 Å². The fourth-order valence-corrected chi connectivity index (χ4v) is 1.82. The molecule has 0 unspecified atom stereocenters. The van der Waals surface area contributed by atoms with Crippen LogP contribution >= 0.6 is 0 Å². The Morgan fingerprint density at radius 3 is 2.40 bits per heavy atom. The largest absolute Gasteiger partial charge is 0.421 e. The first kappa shape index (κ1) is 14.1. The van der Waals surface area contributed by atoms with E-state index >= 15 is 0 Å². The van der Waals surface area contributed by atoms with Crippen molar-refractivity contribution in [3.63, 3.8) is 0 Å². The first-order chi connectivity index (χ1) is 9.34. The SMILES string of the molecule is CNc1c(NC(=O)C(C)(C)C)c(=O)oc2ccccc12. The summed E-state index contributed by atoms with van der Waals surface area (Å²) in [5, 5.41) is 6.36. The Hall–Kier alpha value is -2.30. The predicted octanol–water partition coefficient (Wildman–Crippen LogP) is 2.82. The average molecular weight is 274 g/mol. The zero-order valence-corrected chi connectivity index (χ0v) is 12.0. The molecule has 5 nitrogen and oxygen atoms in total. The highest BCUT2D eigenvalue weighted by Gasteiger charge is 2.24. The molecule has 1 heterocycles. The van der Waals surface area contributed by atoms with Gasteiger partial charge in [0.1, 0.15) is 5.58 Å². The number of para-hydroxylation sites is 1. The summed E-state index contributed by atoms with van der Waals surface area (Å²) in [5.41, 5.74) is 0.0325. The smallest absolute Gasteiger partial charge is 0.362 e. The van der Waals surface area contributed by atoms with Crippen molar-refractivity contribution in [3.05, 3.63) is 34.7 Å². The van der Waals surface area contributed by atoms with Gasteiger partial charge in [-0.1, -0.05) is 32.9 Å². The molecule has 0 fully saturated rings. The lowest BCUT2D eigenvalue weighted by molar-refractivity contribution is -0.123. The van der Waals surface area contributed by atoms with Crippen LogP contribution in [0.3, 0.4) is 0 Å². The quantitative estimate of drug-likeness (QED) is 0.826. The molecule has 1 aromatic heterocycles.